The van der Waals surface area contributed by atoms with Gasteiger partial charge >= 0.3 is 0 Å². The van der Waals surface area contributed by atoms with Crippen LogP contribution >= 0.6 is 11.6 Å². The van der Waals surface area contributed by atoms with Gasteiger partial charge in [-0.2, -0.15) is 0 Å². The highest BCUT2D eigenvalue weighted by Gasteiger charge is 2.31. The summed E-state index contributed by atoms with van der Waals surface area (Å²) >= 11 is 5.84. The summed E-state index contributed by atoms with van der Waals surface area (Å²) < 4.78 is 13.8. The molecule has 0 radical (unpaired) electrons. The van der Waals surface area contributed by atoms with Gasteiger partial charge in [-0.25, -0.2) is 4.39 Å². The van der Waals surface area contributed by atoms with Gasteiger partial charge in [-0.1, -0.05) is 41.9 Å². The summed E-state index contributed by atoms with van der Waals surface area (Å²) in [7, 11) is 0. The molecule has 1 amide bonds. The predicted molar refractivity (Wildman–Crippen MR) is 90.5 cm³/mol. The van der Waals surface area contributed by atoms with E-state index in [1.807, 2.05) is 12.1 Å². The topological polar surface area (TPSA) is 20.3 Å². The molecule has 0 atom stereocenters. The lowest BCUT2D eigenvalue weighted by Crippen LogP contribution is -2.31. The number of amides is 1. The third-order valence-corrected chi connectivity index (χ3v) is 4.11. The molecule has 1 fully saturated rings. The van der Waals surface area contributed by atoms with Crippen LogP contribution in [0.15, 0.2) is 54.6 Å². The quantitative estimate of drug-likeness (QED) is 0.729. The fourth-order valence-electron chi connectivity index (χ4n) is 2.42. The molecule has 0 spiro atoms. The lowest BCUT2D eigenvalue weighted by molar-refractivity contribution is -0.127. The van der Waals surface area contributed by atoms with Gasteiger partial charge in [-0.05, 0) is 42.7 Å². The smallest absolute Gasteiger partial charge is 0.247 e. The average molecular weight is 330 g/mol. The van der Waals surface area contributed by atoms with Crippen molar-refractivity contribution in [2.24, 2.45) is 0 Å². The number of carbonyl (C=O) groups excluding carboxylic acids is 1. The molecular weight excluding hydrogens is 313 g/mol. The van der Waals surface area contributed by atoms with Crippen molar-refractivity contribution < 1.29 is 9.18 Å². The Morgan fingerprint density at radius 2 is 1.87 bits per heavy atom. The minimum atomic E-state index is -0.271. The summed E-state index contributed by atoms with van der Waals surface area (Å²) in [5.74, 6) is -0.363. The second-order valence-corrected chi connectivity index (χ2v) is 6.11. The van der Waals surface area contributed by atoms with Gasteiger partial charge in [0.05, 0.1) is 0 Å². The molecule has 23 heavy (non-hydrogen) atoms. The Morgan fingerprint density at radius 3 is 2.52 bits per heavy atom. The van der Waals surface area contributed by atoms with E-state index >= 15 is 0 Å². The number of hydrogen-bond acceptors (Lipinski definition) is 1. The first-order valence-corrected chi connectivity index (χ1v) is 7.99. The van der Waals surface area contributed by atoms with E-state index < -0.39 is 0 Å². The third-order valence-electron chi connectivity index (χ3n) is 3.86. The molecule has 0 saturated heterocycles. The first-order valence-electron chi connectivity index (χ1n) is 7.61. The van der Waals surface area contributed by atoms with Crippen LogP contribution in [0.3, 0.4) is 0 Å². The highest BCUT2D eigenvalue weighted by Crippen LogP contribution is 2.29. The predicted octanol–water partition coefficient (Wildman–Crippen LogP) is 4.68. The largest absolute Gasteiger partial charge is 0.332 e. The molecule has 1 saturated carbocycles. The van der Waals surface area contributed by atoms with Crippen LogP contribution in [0.25, 0.3) is 6.08 Å². The standard InChI is InChI=1S/C19H17ClFNO/c20-16-8-5-14(6-9-16)7-12-19(23)22(17-10-11-17)13-15-3-1-2-4-18(15)21/h1-9,12,17H,10-11,13H2/b12-7+. The molecule has 2 aromatic rings. The summed E-state index contributed by atoms with van der Waals surface area (Å²) in [5, 5.41) is 0.660. The molecule has 0 aromatic heterocycles. The molecule has 1 aliphatic carbocycles. The molecule has 0 aliphatic heterocycles. The number of hydrogen-bond donors (Lipinski definition) is 0. The van der Waals surface area contributed by atoms with Crippen molar-refractivity contribution in [1.29, 1.82) is 0 Å². The Bertz CT molecular complexity index is 722. The van der Waals surface area contributed by atoms with Gasteiger partial charge in [0.25, 0.3) is 0 Å². The average Bonchev–Trinajstić information content (AvgIpc) is 3.38. The summed E-state index contributed by atoms with van der Waals surface area (Å²) in [4.78, 5) is 14.2. The summed E-state index contributed by atoms with van der Waals surface area (Å²) in [5.41, 5.74) is 1.46. The van der Waals surface area contributed by atoms with Crippen molar-refractivity contribution in [3.05, 3.63) is 76.6 Å². The van der Waals surface area contributed by atoms with Crippen LogP contribution in [0.5, 0.6) is 0 Å². The van der Waals surface area contributed by atoms with Crippen molar-refractivity contribution in [2.75, 3.05) is 0 Å². The summed E-state index contributed by atoms with van der Waals surface area (Å²) in [6, 6.07) is 14.1. The fourth-order valence-corrected chi connectivity index (χ4v) is 2.55. The van der Waals surface area contributed by atoms with Gasteiger partial charge in [0.1, 0.15) is 5.82 Å². The van der Waals surface area contributed by atoms with Gasteiger partial charge in [-0.15, -0.1) is 0 Å². The van der Waals surface area contributed by atoms with E-state index in [9.17, 15) is 9.18 Å². The second-order valence-electron chi connectivity index (χ2n) is 5.67. The first kappa shape index (κ1) is 15.8. The van der Waals surface area contributed by atoms with Crippen LogP contribution in [0.2, 0.25) is 5.02 Å². The van der Waals surface area contributed by atoms with Crippen LogP contribution in [-0.2, 0) is 11.3 Å². The maximum atomic E-state index is 13.8. The molecule has 0 bridgehead atoms. The van der Waals surface area contributed by atoms with Gasteiger partial charge in [-0.3, -0.25) is 4.79 Å². The number of nitrogens with zero attached hydrogens (tertiary/aromatic N) is 1. The number of rotatable bonds is 5. The van der Waals surface area contributed by atoms with Gasteiger partial charge in [0.2, 0.25) is 5.91 Å². The van der Waals surface area contributed by atoms with Gasteiger partial charge in [0.15, 0.2) is 0 Å². The van der Waals surface area contributed by atoms with Crippen molar-refractivity contribution in [3.8, 4) is 0 Å². The van der Waals surface area contributed by atoms with Crippen molar-refractivity contribution in [3.63, 3.8) is 0 Å². The minimum Gasteiger partial charge on any atom is -0.332 e. The maximum absolute atomic E-state index is 13.8. The molecular formula is C19H17ClFNO. The van der Waals surface area contributed by atoms with E-state index in [1.165, 1.54) is 6.07 Å². The Morgan fingerprint density at radius 1 is 1.17 bits per heavy atom. The SMILES string of the molecule is O=C(/C=C/c1ccc(Cl)cc1)N(Cc1ccccc1F)C1CC1. The second kappa shape index (κ2) is 6.97. The Balaban J connectivity index is 1.72. The summed E-state index contributed by atoms with van der Waals surface area (Å²) in [6.45, 7) is 0.307. The van der Waals surface area contributed by atoms with Crippen LogP contribution in [0.1, 0.15) is 24.0 Å². The number of halogens is 2. The zero-order valence-electron chi connectivity index (χ0n) is 12.6. The van der Waals surface area contributed by atoms with Crippen molar-refractivity contribution in [1.82, 2.24) is 4.90 Å². The van der Waals surface area contributed by atoms with Crippen molar-refractivity contribution >= 4 is 23.6 Å². The van der Waals surface area contributed by atoms with Crippen LogP contribution < -0.4 is 0 Å². The zero-order valence-corrected chi connectivity index (χ0v) is 13.3. The molecule has 2 aromatic carbocycles. The Hall–Kier alpha value is -2.13. The molecule has 2 nitrogen and oxygen atoms in total. The van der Waals surface area contributed by atoms with Crippen LogP contribution in [-0.4, -0.2) is 16.8 Å². The summed E-state index contributed by atoms with van der Waals surface area (Å²) in [6.07, 6.45) is 5.27. The molecule has 0 N–H and O–H groups in total. The van der Waals surface area contributed by atoms with E-state index in [2.05, 4.69) is 0 Å². The van der Waals surface area contributed by atoms with Gasteiger partial charge in [0, 0.05) is 29.2 Å². The van der Waals surface area contributed by atoms with Crippen LogP contribution in [0, 0.1) is 5.82 Å². The van der Waals surface area contributed by atoms with E-state index in [0.717, 1.165) is 18.4 Å². The molecule has 0 heterocycles. The Kier molecular flexibility index (Phi) is 4.77. The monoisotopic (exact) mass is 329 g/mol. The zero-order chi connectivity index (χ0) is 16.2. The lowest BCUT2D eigenvalue weighted by Gasteiger charge is -2.21. The number of benzene rings is 2. The normalized spacial score (nSPS) is 14.2. The van der Waals surface area contributed by atoms with E-state index in [4.69, 9.17) is 11.6 Å². The molecule has 1 aliphatic rings. The van der Waals surface area contributed by atoms with Crippen molar-refractivity contribution in [2.45, 2.75) is 25.4 Å². The third kappa shape index (κ3) is 4.20. The minimum absolute atomic E-state index is 0.0919. The van der Waals surface area contributed by atoms with E-state index in [1.54, 1.807) is 47.4 Å². The molecule has 4 heteroatoms. The maximum Gasteiger partial charge on any atom is 0.247 e. The number of carbonyl (C=O) groups is 1. The first-order chi connectivity index (χ1) is 11.1. The van der Waals surface area contributed by atoms with Crippen LogP contribution in [0.4, 0.5) is 4.39 Å². The fraction of sp³-hybridized carbons (Fsp3) is 0.211. The Labute approximate surface area is 140 Å². The molecule has 0 unspecified atom stereocenters. The van der Waals surface area contributed by atoms with E-state index in [0.29, 0.717) is 17.1 Å². The molecule has 118 valence electrons. The highest BCUT2D eigenvalue weighted by atomic mass is 35.5. The van der Waals surface area contributed by atoms with E-state index in [-0.39, 0.29) is 17.8 Å². The lowest BCUT2D eigenvalue weighted by atomic mass is 10.2. The van der Waals surface area contributed by atoms with Gasteiger partial charge < -0.3 is 4.90 Å². The highest BCUT2D eigenvalue weighted by molar-refractivity contribution is 6.30. The molecule has 3 rings (SSSR count).